The van der Waals surface area contributed by atoms with E-state index in [1.54, 1.807) is 0 Å². The second-order valence-electron chi connectivity index (χ2n) is 3.52. The van der Waals surface area contributed by atoms with Crippen molar-refractivity contribution in [3.63, 3.8) is 0 Å². The van der Waals surface area contributed by atoms with Crippen LogP contribution >= 0.6 is 11.6 Å². The van der Waals surface area contributed by atoms with E-state index in [1.165, 1.54) is 0 Å². The SMILES string of the molecule is O=C1NC(=O)C(c2c(F)cc(F)cc2F)C1Cl. The molecule has 3 nitrogen and oxygen atoms in total. The minimum atomic E-state index is -1.48. The van der Waals surface area contributed by atoms with Gasteiger partial charge in [0.05, 0.1) is 5.92 Å². The summed E-state index contributed by atoms with van der Waals surface area (Å²) in [5.41, 5.74) is -0.699. The maximum Gasteiger partial charge on any atom is 0.245 e. The average Bonchev–Trinajstić information content (AvgIpc) is 2.43. The van der Waals surface area contributed by atoms with Crippen LogP contribution in [0.1, 0.15) is 11.5 Å². The second kappa shape index (κ2) is 4.03. The van der Waals surface area contributed by atoms with Gasteiger partial charge in [-0.15, -0.1) is 11.6 Å². The van der Waals surface area contributed by atoms with Crippen LogP contribution in [0.25, 0.3) is 0 Å². The highest BCUT2D eigenvalue weighted by molar-refractivity contribution is 6.37. The van der Waals surface area contributed by atoms with Gasteiger partial charge in [0.2, 0.25) is 11.8 Å². The highest BCUT2D eigenvalue weighted by atomic mass is 35.5. The fourth-order valence-electron chi connectivity index (χ4n) is 1.68. The third kappa shape index (κ3) is 1.88. The number of hydrogen-bond acceptors (Lipinski definition) is 2. The molecule has 0 aromatic heterocycles. The third-order valence-corrected chi connectivity index (χ3v) is 2.88. The van der Waals surface area contributed by atoms with Crippen molar-refractivity contribution in [1.82, 2.24) is 5.32 Å². The molecular weight excluding hydrogens is 259 g/mol. The molecule has 2 rings (SSSR count). The van der Waals surface area contributed by atoms with E-state index in [2.05, 4.69) is 0 Å². The Morgan fingerprint density at radius 2 is 1.59 bits per heavy atom. The van der Waals surface area contributed by atoms with Gasteiger partial charge in [0, 0.05) is 17.7 Å². The van der Waals surface area contributed by atoms with Crippen LogP contribution in [0.4, 0.5) is 13.2 Å². The number of alkyl halides is 1. The maximum atomic E-state index is 13.4. The molecule has 17 heavy (non-hydrogen) atoms. The molecule has 0 saturated carbocycles. The zero-order valence-corrected chi connectivity index (χ0v) is 8.89. The Hall–Kier alpha value is -1.56. The zero-order chi connectivity index (χ0) is 12.7. The van der Waals surface area contributed by atoms with Crippen LogP contribution in [0.5, 0.6) is 0 Å². The van der Waals surface area contributed by atoms with Crippen LogP contribution in [0.15, 0.2) is 12.1 Å². The van der Waals surface area contributed by atoms with E-state index in [0.29, 0.717) is 12.1 Å². The van der Waals surface area contributed by atoms with Gasteiger partial charge in [-0.1, -0.05) is 0 Å². The number of amides is 2. The number of carbonyl (C=O) groups excluding carboxylic acids is 2. The molecule has 1 aliphatic rings. The van der Waals surface area contributed by atoms with E-state index in [1.807, 2.05) is 5.32 Å². The van der Waals surface area contributed by atoms with Crippen LogP contribution < -0.4 is 5.32 Å². The Kier molecular flexibility index (Phi) is 2.82. The summed E-state index contributed by atoms with van der Waals surface area (Å²) in [4.78, 5) is 22.4. The van der Waals surface area contributed by atoms with Gasteiger partial charge in [0.25, 0.3) is 0 Å². The van der Waals surface area contributed by atoms with E-state index in [9.17, 15) is 22.8 Å². The van der Waals surface area contributed by atoms with Gasteiger partial charge >= 0.3 is 0 Å². The van der Waals surface area contributed by atoms with E-state index in [0.717, 1.165) is 0 Å². The van der Waals surface area contributed by atoms with Crippen molar-refractivity contribution in [2.45, 2.75) is 11.3 Å². The molecule has 2 unspecified atom stereocenters. The molecule has 0 aliphatic carbocycles. The Bertz CT molecular complexity index is 497. The Balaban J connectivity index is 2.54. The largest absolute Gasteiger partial charge is 0.295 e. The molecule has 0 spiro atoms. The molecule has 7 heteroatoms. The standard InChI is InChI=1S/C10H5ClF3NO2/c11-8-7(9(16)15-10(8)17)6-4(13)1-3(12)2-5(6)14/h1-2,7-8H,(H,15,16,17). The number of rotatable bonds is 1. The highest BCUT2D eigenvalue weighted by Gasteiger charge is 2.44. The van der Waals surface area contributed by atoms with E-state index < -0.39 is 46.1 Å². The maximum absolute atomic E-state index is 13.4. The molecular formula is C10H5ClF3NO2. The Labute approximate surface area is 98.6 Å². The minimum absolute atomic E-state index is 0.429. The predicted octanol–water partition coefficient (Wildman–Crippen LogP) is 1.45. The number of hydrogen-bond donors (Lipinski definition) is 1. The molecule has 1 heterocycles. The van der Waals surface area contributed by atoms with Crippen molar-refractivity contribution in [2.75, 3.05) is 0 Å². The van der Waals surface area contributed by atoms with Crippen LogP contribution in [-0.4, -0.2) is 17.2 Å². The number of halogens is 4. The lowest BCUT2D eigenvalue weighted by Crippen LogP contribution is -2.22. The first-order valence-corrected chi connectivity index (χ1v) is 4.98. The van der Waals surface area contributed by atoms with Gasteiger partial charge in [-0.2, -0.15) is 0 Å². The normalized spacial score (nSPS) is 24.0. The summed E-state index contributed by atoms with van der Waals surface area (Å²) < 4.78 is 39.5. The van der Waals surface area contributed by atoms with Gasteiger partial charge in [0.1, 0.15) is 22.8 Å². The fraction of sp³-hybridized carbons (Fsp3) is 0.200. The van der Waals surface area contributed by atoms with Crippen molar-refractivity contribution >= 4 is 23.4 Å². The number of benzene rings is 1. The van der Waals surface area contributed by atoms with Gasteiger partial charge in [-0.25, -0.2) is 13.2 Å². The van der Waals surface area contributed by atoms with E-state index in [-0.39, 0.29) is 0 Å². The summed E-state index contributed by atoms with van der Waals surface area (Å²) in [7, 11) is 0. The van der Waals surface area contributed by atoms with Crippen molar-refractivity contribution in [3.05, 3.63) is 35.1 Å². The monoisotopic (exact) mass is 263 g/mol. The van der Waals surface area contributed by atoms with Gasteiger partial charge in [-0.05, 0) is 0 Å². The van der Waals surface area contributed by atoms with Crippen molar-refractivity contribution < 1.29 is 22.8 Å². The molecule has 1 aromatic carbocycles. The van der Waals surface area contributed by atoms with Crippen LogP contribution in [-0.2, 0) is 9.59 Å². The smallest absolute Gasteiger partial charge is 0.245 e. The first kappa shape index (κ1) is 11.9. The molecule has 2 atom stereocenters. The minimum Gasteiger partial charge on any atom is -0.295 e. The molecule has 1 aliphatic heterocycles. The molecule has 90 valence electrons. The van der Waals surface area contributed by atoms with Crippen LogP contribution in [0.3, 0.4) is 0 Å². The molecule has 0 bridgehead atoms. The number of carbonyl (C=O) groups is 2. The summed E-state index contributed by atoms with van der Waals surface area (Å²) in [6.45, 7) is 0. The summed E-state index contributed by atoms with van der Waals surface area (Å²) in [6.07, 6.45) is 0. The molecule has 0 radical (unpaired) electrons. The van der Waals surface area contributed by atoms with E-state index >= 15 is 0 Å². The number of imide groups is 1. The summed E-state index contributed by atoms with van der Waals surface area (Å²) in [6, 6.07) is 0.857. The lowest BCUT2D eigenvalue weighted by Gasteiger charge is -2.12. The van der Waals surface area contributed by atoms with E-state index in [4.69, 9.17) is 11.6 Å². The van der Waals surface area contributed by atoms with Crippen molar-refractivity contribution in [2.24, 2.45) is 0 Å². The second-order valence-corrected chi connectivity index (χ2v) is 3.99. The average molecular weight is 264 g/mol. The molecule has 1 fully saturated rings. The zero-order valence-electron chi connectivity index (χ0n) is 8.14. The van der Waals surface area contributed by atoms with Gasteiger partial charge in [-0.3, -0.25) is 14.9 Å². The lowest BCUT2D eigenvalue weighted by molar-refractivity contribution is -0.125. The Morgan fingerprint density at radius 3 is 2.00 bits per heavy atom. The number of nitrogens with one attached hydrogen (secondary N) is 1. The van der Waals surface area contributed by atoms with Crippen LogP contribution in [0, 0.1) is 17.5 Å². The first-order valence-electron chi connectivity index (χ1n) is 4.55. The Morgan fingerprint density at radius 1 is 1.06 bits per heavy atom. The molecule has 2 amide bonds. The molecule has 1 N–H and O–H groups in total. The molecule has 1 saturated heterocycles. The quantitative estimate of drug-likeness (QED) is 0.616. The first-order chi connectivity index (χ1) is 7.91. The summed E-state index contributed by atoms with van der Waals surface area (Å²) in [5.74, 6) is -6.82. The van der Waals surface area contributed by atoms with Gasteiger partial charge in [0.15, 0.2) is 0 Å². The molecule has 1 aromatic rings. The summed E-state index contributed by atoms with van der Waals surface area (Å²) in [5, 5.41) is 0.442. The lowest BCUT2D eigenvalue weighted by atomic mass is 9.96. The van der Waals surface area contributed by atoms with Crippen molar-refractivity contribution in [1.29, 1.82) is 0 Å². The fourth-order valence-corrected chi connectivity index (χ4v) is 1.98. The predicted molar refractivity (Wildman–Crippen MR) is 51.8 cm³/mol. The highest BCUT2D eigenvalue weighted by Crippen LogP contribution is 2.32. The third-order valence-electron chi connectivity index (χ3n) is 2.43. The van der Waals surface area contributed by atoms with Gasteiger partial charge < -0.3 is 0 Å². The topological polar surface area (TPSA) is 46.2 Å². The summed E-state index contributed by atoms with van der Waals surface area (Å²) >= 11 is 5.58. The van der Waals surface area contributed by atoms with Crippen molar-refractivity contribution in [3.8, 4) is 0 Å². The van der Waals surface area contributed by atoms with Crippen LogP contribution in [0.2, 0.25) is 0 Å².